The van der Waals surface area contributed by atoms with Crippen molar-refractivity contribution in [2.45, 2.75) is 33.1 Å². The molecular weight excluding hydrogens is 310 g/mol. The summed E-state index contributed by atoms with van der Waals surface area (Å²) in [6, 6.07) is 2.12. The maximum Gasteiger partial charge on any atom is 0.266 e. The number of aromatic nitrogens is 1. The molecule has 0 atom stereocenters. The number of rotatable bonds is 4. The molecule has 124 valence electrons. The summed E-state index contributed by atoms with van der Waals surface area (Å²) in [4.78, 5) is 20.8. The summed E-state index contributed by atoms with van der Waals surface area (Å²) in [7, 11) is 0. The molecule has 0 bridgehead atoms. The molecule has 3 heterocycles. The van der Waals surface area contributed by atoms with Crippen LogP contribution in [0.5, 0.6) is 0 Å². The molecule has 1 aliphatic rings. The van der Waals surface area contributed by atoms with Gasteiger partial charge in [0.05, 0.1) is 18.9 Å². The predicted molar refractivity (Wildman–Crippen MR) is 94.1 cm³/mol. The maximum atomic E-state index is 12.7. The van der Waals surface area contributed by atoms with Gasteiger partial charge in [0.1, 0.15) is 9.71 Å². The molecule has 2 aromatic rings. The number of morpholine rings is 1. The summed E-state index contributed by atoms with van der Waals surface area (Å²) in [5.41, 5.74) is 9.23. The standard InChI is InChI=1S/C17H23N3O2S/c1-3-5-13-11(4-2)10-12-14(18)15(23-16(12)19-13)17(21)20-6-8-22-9-7-20/h10H,3-9,18H2,1-2H3. The van der Waals surface area contributed by atoms with Gasteiger partial charge >= 0.3 is 0 Å². The van der Waals surface area contributed by atoms with Gasteiger partial charge in [-0.25, -0.2) is 4.98 Å². The highest BCUT2D eigenvalue weighted by Gasteiger charge is 2.24. The summed E-state index contributed by atoms with van der Waals surface area (Å²) in [5, 5.41) is 0.920. The minimum Gasteiger partial charge on any atom is -0.397 e. The Hall–Kier alpha value is -1.66. The topological polar surface area (TPSA) is 68.5 Å². The van der Waals surface area contributed by atoms with Gasteiger partial charge in [0, 0.05) is 24.2 Å². The van der Waals surface area contributed by atoms with Crippen LogP contribution in [0.25, 0.3) is 10.2 Å². The van der Waals surface area contributed by atoms with E-state index in [1.54, 1.807) is 0 Å². The highest BCUT2D eigenvalue weighted by molar-refractivity contribution is 7.21. The average Bonchev–Trinajstić information content (AvgIpc) is 2.90. The number of ether oxygens (including phenoxy) is 1. The average molecular weight is 333 g/mol. The number of fused-ring (bicyclic) bond motifs is 1. The van der Waals surface area contributed by atoms with E-state index >= 15 is 0 Å². The minimum atomic E-state index is 0.00360. The Balaban J connectivity index is 2.01. The fraction of sp³-hybridized carbons (Fsp3) is 0.529. The van der Waals surface area contributed by atoms with Crippen molar-refractivity contribution in [2.75, 3.05) is 32.0 Å². The van der Waals surface area contributed by atoms with Crippen molar-refractivity contribution in [3.05, 3.63) is 22.2 Å². The molecule has 6 heteroatoms. The quantitative estimate of drug-likeness (QED) is 0.934. The zero-order valence-electron chi connectivity index (χ0n) is 13.7. The third-order valence-corrected chi connectivity index (χ3v) is 5.35. The Morgan fingerprint density at radius 1 is 1.39 bits per heavy atom. The number of nitrogen functional groups attached to an aromatic ring is 1. The first-order valence-corrected chi connectivity index (χ1v) is 9.05. The van der Waals surface area contributed by atoms with E-state index in [0.717, 1.165) is 35.2 Å². The van der Waals surface area contributed by atoms with Crippen molar-refractivity contribution in [3.63, 3.8) is 0 Å². The Labute approximate surface area is 140 Å². The van der Waals surface area contributed by atoms with Crippen LogP contribution in [-0.4, -0.2) is 42.1 Å². The third kappa shape index (κ3) is 3.05. The van der Waals surface area contributed by atoms with Gasteiger partial charge in [-0.2, -0.15) is 0 Å². The number of nitrogens with two attached hydrogens (primary N) is 1. The molecule has 2 aromatic heterocycles. The van der Waals surface area contributed by atoms with Gasteiger partial charge in [-0.3, -0.25) is 4.79 Å². The van der Waals surface area contributed by atoms with E-state index in [0.29, 0.717) is 36.9 Å². The van der Waals surface area contributed by atoms with E-state index in [-0.39, 0.29) is 5.91 Å². The molecule has 5 nitrogen and oxygen atoms in total. The van der Waals surface area contributed by atoms with Crippen LogP contribution in [-0.2, 0) is 17.6 Å². The zero-order chi connectivity index (χ0) is 16.4. The number of carbonyl (C=O) groups excluding carboxylic acids is 1. The number of anilines is 1. The van der Waals surface area contributed by atoms with E-state index in [9.17, 15) is 4.79 Å². The number of pyridine rings is 1. The Morgan fingerprint density at radius 3 is 2.78 bits per heavy atom. The molecule has 0 aliphatic carbocycles. The number of nitrogens with zero attached hydrogens (tertiary/aromatic N) is 2. The van der Waals surface area contributed by atoms with E-state index in [2.05, 4.69) is 19.9 Å². The third-order valence-electron chi connectivity index (χ3n) is 4.25. The smallest absolute Gasteiger partial charge is 0.266 e. The molecule has 0 spiro atoms. The maximum absolute atomic E-state index is 12.7. The monoisotopic (exact) mass is 333 g/mol. The fourth-order valence-electron chi connectivity index (χ4n) is 2.95. The number of carbonyl (C=O) groups is 1. The van der Waals surface area contributed by atoms with Crippen molar-refractivity contribution in [1.29, 1.82) is 0 Å². The van der Waals surface area contributed by atoms with Crippen LogP contribution < -0.4 is 5.73 Å². The normalized spacial score (nSPS) is 15.3. The van der Waals surface area contributed by atoms with Gasteiger partial charge in [-0.05, 0) is 24.5 Å². The van der Waals surface area contributed by atoms with Crippen molar-refractivity contribution in [1.82, 2.24) is 9.88 Å². The largest absolute Gasteiger partial charge is 0.397 e. The summed E-state index contributed by atoms with van der Waals surface area (Å²) in [5.74, 6) is 0.00360. The van der Waals surface area contributed by atoms with Gasteiger partial charge < -0.3 is 15.4 Å². The molecule has 2 N–H and O–H groups in total. The lowest BCUT2D eigenvalue weighted by Crippen LogP contribution is -2.40. The highest BCUT2D eigenvalue weighted by Crippen LogP contribution is 2.35. The molecule has 23 heavy (non-hydrogen) atoms. The second kappa shape index (κ2) is 6.84. The lowest BCUT2D eigenvalue weighted by molar-refractivity contribution is 0.0307. The summed E-state index contributed by atoms with van der Waals surface area (Å²) >= 11 is 1.42. The van der Waals surface area contributed by atoms with Crippen molar-refractivity contribution in [2.24, 2.45) is 0 Å². The van der Waals surface area contributed by atoms with Gasteiger partial charge in [0.25, 0.3) is 5.91 Å². The zero-order valence-corrected chi connectivity index (χ0v) is 14.5. The fourth-order valence-corrected chi connectivity index (χ4v) is 4.01. The van der Waals surface area contributed by atoms with Crippen LogP contribution >= 0.6 is 11.3 Å². The van der Waals surface area contributed by atoms with E-state index in [1.165, 1.54) is 16.9 Å². The SMILES string of the molecule is CCCc1nc2sc(C(=O)N3CCOCC3)c(N)c2cc1CC. The van der Waals surface area contributed by atoms with Crippen molar-refractivity contribution < 1.29 is 9.53 Å². The molecule has 0 radical (unpaired) electrons. The predicted octanol–water partition coefficient (Wildman–Crippen LogP) is 2.87. The van der Waals surface area contributed by atoms with E-state index < -0.39 is 0 Å². The lowest BCUT2D eigenvalue weighted by Gasteiger charge is -2.26. The molecular formula is C17H23N3O2S. The molecule has 0 saturated carbocycles. The molecule has 1 saturated heterocycles. The second-order valence-electron chi connectivity index (χ2n) is 5.80. The Morgan fingerprint density at radius 2 is 2.13 bits per heavy atom. The number of hydrogen-bond acceptors (Lipinski definition) is 5. The molecule has 0 unspecified atom stereocenters. The van der Waals surface area contributed by atoms with Crippen LogP contribution in [0.2, 0.25) is 0 Å². The van der Waals surface area contributed by atoms with Crippen LogP contribution in [0, 0.1) is 0 Å². The summed E-state index contributed by atoms with van der Waals surface area (Å²) < 4.78 is 5.31. The number of aryl methyl sites for hydroxylation is 2. The van der Waals surface area contributed by atoms with Gasteiger partial charge in [-0.1, -0.05) is 20.3 Å². The number of hydrogen-bond donors (Lipinski definition) is 1. The van der Waals surface area contributed by atoms with E-state index in [1.807, 2.05) is 4.90 Å². The van der Waals surface area contributed by atoms with Crippen LogP contribution in [0.1, 0.15) is 41.2 Å². The summed E-state index contributed by atoms with van der Waals surface area (Å²) in [6.07, 6.45) is 2.95. The Bertz CT molecular complexity index is 720. The first kappa shape index (κ1) is 16.2. The number of amides is 1. The van der Waals surface area contributed by atoms with Gasteiger partial charge in [-0.15, -0.1) is 11.3 Å². The minimum absolute atomic E-state index is 0.00360. The van der Waals surface area contributed by atoms with Crippen LogP contribution in [0.4, 0.5) is 5.69 Å². The van der Waals surface area contributed by atoms with Gasteiger partial charge in [0.2, 0.25) is 0 Å². The molecule has 1 amide bonds. The molecule has 1 aliphatic heterocycles. The van der Waals surface area contributed by atoms with Crippen molar-refractivity contribution in [3.8, 4) is 0 Å². The van der Waals surface area contributed by atoms with E-state index in [4.69, 9.17) is 15.5 Å². The first-order chi connectivity index (χ1) is 11.2. The molecule has 3 rings (SSSR count). The summed E-state index contributed by atoms with van der Waals surface area (Å²) in [6.45, 7) is 6.72. The Kier molecular flexibility index (Phi) is 4.82. The second-order valence-corrected chi connectivity index (χ2v) is 6.80. The lowest BCUT2D eigenvalue weighted by atomic mass is 10.1. The van der Waals surface area contributed by atoms with Crippen molar-refractivity contribution >= 4 is 33.1 Å². The first-order valence-electron chi connectivity index (χ1n) is 8.23. The number of thiophene rings is 1. The van der Waals surface area contributed by atoms with Crippen LogP contribution in [0.3, 0.4) is 0 Å². The molecule has 1 fully saturated rings. The molecule has 0 aromatic carbocycles. The van der Waals surface area contributed by atoms with Gasteiger partial charge in [0.15, 0.2) is 0 Å². The highest BCUT2D eigenvalue weighted by atomic mass is 32.1. The van der Waals surface area contributed by atoms with Crippen LogP contribution in [0.15, 0.2) is 6.07 Å².